The first-order valence-corrected chi connectivity index (χ1v) is 11.6. The van der Waals surface area contributed by atoms with Gasteiger partial charge in [0.25, 0.3) is 11.6 Å². The number of carbonyl (C=O) groups excluding carboxylic acids is 1. The van der Waals surface area contributed by atoms with Crippen LogP contribution in [0.15, 0.2) is 27.6 Å². The summed E-state index contributed by atoms with van der Waals surface area (Å²) in [4.78, 5) is 30.4. The topological polar surface area (TPSA) is 88.4 Å². The van der Waals surface area contributed by atoms with Crippen molar-refractivity contribution in [2.45, 2.75) is 34.8 Å². The van der Waals surface area contributed by atoms with Crippen LogP contribution in [0.2, 0.25) is 10.0 Å². The van der Waals surface area contributed by atoms with Crippen LogP contribution in [0, 0.1) is 10.1 Å². The Kier molecular flexibility index (Phi) is 8.14. The first-order chi connectivity index (χ1) is 14.0. The number of pyridine rings is 1. The van der Waals surface area contributed by atoms with Crippen LogP contribution in [0.1, 0.15) is 35.4 Å². The lowest BCUT2D eigenvalue weighted by Gasteiger charge is -2.26. The van der Waals surface area contributed by atoms with Gasteiger partial charge in [-0.3, -0.25) is 19.9 Å². The molecule has 0 radical (unpaired) electrons. The average molecular weight is 475 g/mol. The van der Waals surface area contributed by atoms with Crippen molar-refractivity contribution in [2.75, 3.05) is 26.2 Å². The van der Waals surface area contributed by atoms with E-state index < -0.39 is 4.92 Å². The smallest absolute Gasteiger partial charge is 0.294 e. The molecule has 1 saturated heterocycles. The number of thiophene rings is 1. The van der Waals surface area contributed by atoms with Gasteiger partial charge in [0.15, 0.2) is 0 Å². The summed E-state index contributed by atoms with van der Waals surface area (Å²) in [7, 11) is 0. The van der Waals surface area contributed by atoms with Crippen LogP contribution >= 0.6 is 46.3 Å². The third-order valence-corrected chi connectivity index (χ3v) is 7.74. The Morgan fingerprint density at radius 2 is 1.97 bits per heavy atom. The van der Waals surface area contributed by atoms with E-state index in [9.17, 15) is 14.9 Å². The van der Waals surface area contributed by atoms with Gasteiger partial charge in [0.1, 0.15) is 9.09 Å². The number of nitro groups is 1. The summed E-state index contributed by atoms with van der Waals surface area (Å²) in [6.45, 7) is 3.72. The molecule has 1 aliphatic rings. The number of carbonyl (C=O) groups is 1. The van der Waals surface area contributed by atoms with Gasteiger partial charge in [-0.05, 0) is 38.9 Å². The van der Waals surface area contributed by atoms with Gasteiger partial charge in [0.05, 0.1) is 19.9 Å². The molecule has 0 bridgehead atoms. The molecule has 2 aromatic heterocycles. The fraction of sp³-hybridized carbons (Fsp3) is 0.444. The monoisotopic (exact) mass is 474 g/mol. The number of rotatable bonds is 8. The number of likely N-dealkylation sites (tertiary alicyclic amines) is 1. The molecule has 1 N–H and O–H groups in total. The predicted octanol–water partition coefficient (Wildman–Crippen LogP) is 5.12. The molecule has 2 aromatic rings. The fourth-order valence-corrected chi connectivity index (χ4v) is 5.82. The van der Waals surface area contributed by atoms with Crippen molar-refractivity contribution in [3.63, 3.8) is 0 Å². The van der Waals surface area contributed by atoms with Crippen LogP contribution in [0.5, 0.6) is 0 Å². The number of hydrogen-bond donors (Lipinski definition) is 1. The second-order valence-electron chi connectivity index (χ2n) is 6.59. The van der Waals surface area contributed by atoms with Crippen molar-refractivity contribution in [3.8, 4) is 0 Å². The molecule has 3 rings (SSSR count). The Balaban J connectivity index is 1.62. The number of halogens is 2. The highest BCUT2D eigenvalue weighted by atomic mass is 35.5. The van der Waals surface area contributed by atoms with E-state index in [0.717, 1.165) is 49.2 Å². The maximum Gasteiger partial charge on any atom is 0.294 e. The van der Waals surface area contributed by atoms with Crippen LogP contribution in [0.4, 0.5) is 5.69 Å². The van der Waals surface area contributed by atoms with Gasteiger partial charge < -0.3 is 10.2 Å². The predicted molar refractivity (Wildman–Crippen MR) is 117 cm³/mol. The number of piperidine rings is 1. The normalized spacial score (nSPS) is 14.7. The molecule has 0 spiro atoms. The second kappa shape index (κ2) is 10.6. The molecule has 156 valence electrons. The van der Waals surface area contributed by atoms with Gasteiger partial charge in [-0.15, -0.1) is 11.3 Å². The van der Waals surface area contributed by atoms with Gasteiger partial charge in [-0.2, -0.15) is 0 Å². The molecule has 1 amide bonds. The summed E-state index contributed by atoms with van der Waals surface area (Å²) >= 11 is 14.3. The molecule has 0 atom stereocenters. The first kappa shape index (κ1) is 22.3. The Hall–Kier alpha value is -1.39. The highest BCUT2D eigenvalue weighted by Gasteiger charge is 2.24. The van der Waals surface area contributed by atoms with Crippen molar-refractivity contribution < 1.29 is 9.72 Å². The summed E-state index contributed by atoms with van der Waals surface area (Å²) in [6.07, 6.45) is 7.45. The Morgan fingerprint density at radius 3 is 2.62 bits per heavy atom. The van der Waals surface area contributed by atoms with Gasteiger partial charge in [-0.25, -0.2) is 0 Å². The molecule has 0 aromatic carbocycles. The van der Waals surface area contributed by atoms with Crippen molar-refractivity contribution in [1.82, 2.24) is 15.2 Å². The van der Waals surface area contributed by atoms with Crippen LogP contribution < -0.4 is 5.32 Å². The summed E-state index contributed by atoms with van der Waals surface area (Å²) in [6, 6.07) is 1.30. The van der Waals surface area contributed by atoms with E-state index in [1.165, 1.54) is 37.7 Å². The molecule has 1 fully saturated rings. The van der Waals surface area contributed by atoms with E-state index >= 15 is 0 Å². The first-order valence-electron chi connectivity index (χ1n) is 9.21. The van der Waals surface area contributed by atoms with Crippen molar-refractivity contribution >= 4 is 57.9 Å². The van der Waals surface area contributed by atoms with Crippen LogP contribution in [0.25, 0.3) is 0 Å². The molecule has 7 nitrogen and oxygen atoms in total. The van der Waals surface area contributed by atoms with Crippen molar-refractivity contribution in [3.05, 3.63) is 43.5 Å². The van der Waals surface area contributed by atoms with E-state index in [4.69, 9.17) is 23.2 Å². The number of amides is 1. The van der Waals surface area contributed by atoms with E-state index in [1.807, 2.05) is 0 Å². The lowest BCUT2D eigenvalue weighted by Crippen LogP contribution is -2.33. The van der Waals surface area contributed by atoms with E-state index in [1.54, 1.807) is 0 Å². The lowest BCUT2D eigenvalue weighted by molar-refractivity contribution is -0.387. The lowest BCUT2D eigenvalue weighted by atomic mass is 10.1. The maximum atomic E-state index is 12.5. The summed E-state index contributed by atoms with van der Waals surface area (Å²) in [5.41, 5.74) is -0.137. The fourth-order valence-electron chi connectivity index (χ4n) is 3.04. The van der Waals surface area contributed by atoms with Gasteiger partial charge in [0, 0.05) is 25.0 Å². The average Bonchev–Trinajstić information content (AvgIpc) is 3.13. The number of nitrogens with one attached hydrogen (secondary N) is 1. The molecule has 29 heavy (non-hydrogen) atoms. The van der Waals surface area contributed by atoms with Gasteiger partial charge >= 0.3 is 0 Å². The minimum Gasteiger partial charge on any atom is -0.351 e. The second-order valence-corrected chi connectivity index (χ2v) is 9.73. The zero-order chi connectivity index (χ0) is 20.8. The van der Waals surface area contributed by atoms with Crippen molar-refractivity contribution in [2.24, 2.45) is 0 Å². The quantitative estimate of drug-likeness (QED) is 0.324. The van der Waals surface area contributed by atoms with E-state index in [2.05, 4.69) is 15.2 Å². The zero-order valence-electron chi connectivity index (χ0n) is 15.5. The number of nitrogens with zero attached hydrogens (tertiary/aromatic N) is 3. The number of hydrogen-bond acceptors (Lipinski definition) is 7. The molecule has 0 saturated carbocycles. The standard InChI is InChI=1S/C18H20Cl2N4O3S2/c19-12-10-21-11-13(20)16(12)29-18-14(24(26)27)9-15(28-18)17(25)22-5-4-8-23-6-2-1-3-7-23/h9-11H,1-8H2,(H,22,25). The van der Waals surface area contributed by atoms with E-state index in [-0.39, 0.29) is 11.6 Å². The Bertz CT molecular complexity index is 868. The molecule has 3 heterocycles. The zero-order valence-corrected chi connectivity index (χ0v) is 18.7. The molecule has 1 aliphatic heterocycles. The highest BCUT2D eigenvalue weighted by Crippen LogP contribution is 2.45. The minimum atomic E-state index is -0.505. The molecular weight excluding hydrogens is 455 g/mol. The summed E-state index contributed by atoms with van der Waals surface area (Å²) in [5.74, 6) is -0.310. The molecular formula is C18H20Cl2N4O3S2. The largest absolute Gasteiger partial charge is 0.351 e. The maximum absolute atomic E-state index is 12.5. The van der Waals surface area contributed by atoms with Gasteiger partial charge in [-0.1, -0.05) is 41.4 Å². The van der Waals surface area contributed by atoms with Crippen LogP contribution in [-0.4, -0.2) is 46.9 Å². The highest BCUT2D eigenvalue weighted by molar-refractivity contribution is 8.01. The molecule has 11 heteroatoms. The third kappa shape index (κ3) is 6.05. The number of aromatic nitrogens is 1. The molecule has 0 aliphatic carbocycles. The molecule has 0 unspecified atom stereocenters. The summed E-state index contributed by atoms with van der Waals surface area (Å²) < 4.78 is 0.350. The third-order valence-electron chi connectivity index (χ3n) is 4.49. The Labute approximate surface area is 186 Å². The minimum absolute atomic E-state index is 0.137. The van der Waals surface area contributed by atoms with Crippen molar-refractivity contribution in [1.29, 1.82) is 0 Å². The van der Waals surface area contributed by atoms with Crippen LogP contribution in [0.3, 0.4) is 0 Å². The Morgan fingerprint density at radius 1 is 1.28 bits per heavy atom. The van der Waals surface area contributed by atoms with E-state index in [0.29, 0.717) is 30.6 Å². The van der Waals surface area contributed by atoms with Gasteiger partial charge in [0.2, 0.25) is 0 Å². The SMILES string of the molecule is O=C(NCCCN1CCCCC1)c1cc([N+](=O)[O-])c(Sc2c(Cl)cncc2Cl)s1. The summed E-state index contributed by atoms with van der Waals surface area (Å²) in [5, 5.41) is 14.9. The van der Waals surface area contributed by atoms with Crippen LogP contribution in [-0.2, 0) is 0 Å².